The highest BCUT2D eigenvalue weighted by molar-refractivity contribution is 6.30. The minimum absolute atomic E-state index is 0.0589. The first-order chi connectivity index (χ1) is 15.8. The van der Waals surface area contributed by atoms with Crippen LogP contribution in [0.25, 0.3) is 10.9 Å². The van der Waals surface area contributed by atoms with Crippen LogP contribution in [0.3, 0.4) is 0 Å². The number of hydrogen-bond donors (Lipinski definition) is 2. The van der Waals surface area contributed by atoms with E-state index in [9.17, 15) is 14.4 Å². The molecule has 0 fully saturated rings. The van der Waals surface area contributed by atoms with E-state index in [4.69, 9.17) is 16.3 Å². The summed E-state index contributed by atoms with van der Waals surface area (Å²) in [5.41, 5.74) is 4.46. The molecule has 3 rings (SSSR count). The smallest absolute Gasteiger partial charge is 0.325 e. The second kappa shape index (κ2) is 10.8. The standard InChI is InChI=1S/C24H25ClN4O4/c1-15(2)22(27-23(31)16-8-10-18(25)11-9-16)24(32)28-26-12-17-13-29(14-21(30)33-3)20-7-5-4-6-19(17)20/h4-13,15,22H,14H2,1-3H3,(H,27,31)(H,28,32). The molecule has 0 saturated heterocycles. The molecule has 33 heavy (non-hydrogen) atoms. The normalized spacial score (nSPS) is 12.2. The summed E-state index contributed by atoms with van der Waals surface area (Å²) in [6.45, 7) is 3.72. The lowest BCUT2D eigenvalue weighted by Gasteiger charge is -2.20. The van der Waals surface area contributed by atoms with Crippen molar-refractivity contribution in [1.29, 1.82) is 0 Å². The van der Waals surface area contributed by atoms with Gasteiger partial charge in [0.05, 0.1) is 13.3 Å². The fourth-order valence-corrected chi connectivity index (χ4v) is 3.43. The van der Waals surface area contributed by atoms with Gasteiger partial charge in [-0.2, -0.15) is 5.10 Å². The van der Waals surface area contributed by atoms with Crippen molar-refractivity contribution in [2.75, 3.05) is 7.11 Å². The van der Waals surface area contributed by atoms with Crippen LogP contribution in [-0.2, 0) is 20.9 Å². The highest BCUT2D eigenvalue weighted by atomic mass is 35.5. The molecule has 9 heteroatoms. The van der Waals surface area contributed by atoms with Gasteiger partial charge in [0.1, 0.15) is 12.6 Å². The zero-order valence-electron chi connectivity index (χ0n) is 18.5. The van der Waals surface area contributed by atoms with Gasteiger partial charge in [-0.1, -0.05) is 43.6 Å². The number of nitrogens with one attached hydrogen (secondary N) is 2. The minimum Gasteiger partial charge on any atom is -0.468 e. The van der Waals surface area contributed by atoms with Crippen molar-refractivity contribution in [3.63, 3.8) is 0 Å². The van der Waals surface area contributed by atoms with Crippen LogP contribution < -0.4 is 10.7 Å². The van der Waals surface area contributed by atoms with Crippen molar-refractivity contribution in [3.05, 3.63) is 70.9 Å². The molecule has 1 aromatic heterocycles. The molecule has 0 saturated carbocycles. The number of nitrogens with zero attached hydrogens (tertiary/aromatic N) is 2. The maximum atomic E-state index is 12.7. The van der Waals surface area contributed by atoms with Gasteiger partial charge in [0, 0.05) is 33.2 Å². The fraction of sp³-hybridized carbons (Fsp3) is 0.250. The van der Waals surface area contributed by atoms with Crippen molar-refractivity contribution < 1.29 is 19.1 Å². The fourth-order valence-electron chi connectivity index (χ4n) is 3.31. The molecule has 0 aliphatic rings. The number of esters is 1. The highest BCUT2D eigenvalue weighted by Gasteiger charge is 2.24. The number of benzene rings is 2. The van der Waals surface area contributed by atoms with Crippen LogP contribution in [-0.4, -0.2) is 41.7 Å². The molecule has 3 aromatic rings. The first-order valence-electron chi connectivity index (χ1n) is 10.3. The summed E-state index contributed by atoms with van der Waals surface area (Å²) in [4.78, 5) is 37.0. The van der Waals surface area contributed by atoms with Gasteiger partial charge in [-0.25, -0.2) is 5.43 Å². The number of aromatic nitrogens is 1. The third kappa shape index (κ3) is 5.98. The summed E-state index contributed by atoms with van der Waals surface area (Å²) in [6, 6.07) is 13.2. The molecule has 172 valence electrons. The van der Waals surface area contributed by atoms with Crippen molar-refractivity contribution in [3.8, 4) is 0 Å². The number of halogens is 1. The van der Waals surface area contributed by atoms with Gasteiger partial charge in [0.15, 0.2) is 0 Å². The quantitative estimate of drug-likeness (QED) is 0.300. The van der Waals surface area contributed by atoms with E-state index in [1.165, 1.54) is 13.3 Å². The Hall–Kier alpha value is -3.65. The van der Waals surface area contributed by atoms with Gasteiger partial charge in [0.2, 0.25) is 0 Å². The molecule has 1 atom stereocenters. The van der Waals surface area contributed by atoms with Gasteiger partial charge in [0.25, 0.3) is 11.8 Å². The van der Waals surface area contributed by atoms with Crippen molar-refractivity contribution in [2.24, 2.45) is 11.0 Å². The van der Waals surface area contributed by atoms with Gasteiger partial charge in [-0.3, -0.25) is 14.4 Å². The lowest BCUT2D eigenvalue weighted by atomic mass is 10.0. The van der Waals surface area contributed by atoms with Crippen LogP contribution in [0.1, 0.15) is 29.8 Å². The van der Waals surface area contributed by atoms with E-state index < -0.39 is 11.9 Å². The average molecular weight is 469 g/mol. The molecule has 2 amide bonds. The maximum Gasteiger partial charge on any atom is 0.325 e. The number of carbonyl (C=O) groups is 3. The molecule has 1 unspecified atom stereocenters. The van der Waals surface area contributed by atoms with E-state index in [-0.39, 0.29) is 24.3 Å². The van der Waals surface area contributed by atoms with Gasteiger partial charge in [-0.05, 0) is 36.2 Å². The van der Waals surface area contributed by atoms with Crippen LogP contribution in [0, 0.1) is 5.92 Å². The van der Waals surface area contributed by atoms with Crippen LogP contribution in [0.5, 0.6) is 0 Å². The predicted octanol–water partition coefficient (Wildman–Crippen LogP) is 3.37. The third-order valence-electron chi connectivity index (χ3n) is 5.07. The van der Waals surface area contributed by atoms with E-state index in [0.717, 1.165) is 16.5 Å². The number of amides is 2. The second-order valence-corrected chi connectivity index (χ2v) is 8.18. The number of ether oxygens (including phenoxy) is 1. The molecule has 2 aromatic carbocycles. The number of methoxy groups -OCH3 is 1. The van der Waals surface area contributed by atoms with Crippen molar-refractivity contribution >= 4 is 46.5 Å². The zero-order chi connectivity index (χ0) is 24.0. The Bertz CT molecular complexity index is 1180. The molecule has 0 radical (unpaired) electrons. The summed E-state index contributed by atoms with van der Waals surface area (Å²) in [5.74, 6) is -1.36. The molecular weight excluding hydrogens is 444 g/mol. The van der Waals surface area contributed by atoms with Gasteiger partial charge < -0.3 is 14.6 Å². The van der Waals surface area contributed by atoms with Crippen LogP contribution in [0.2, 0.25) is 5.02 Å². The maximum absolute atomic E-state index is 12.7. The van der Waals surface area contributed by atoms with E-state index in [2.05, 4.69) is 15.8 Å². The first-order valence-corrected chi connectivity index (χ1v) is 10.7. The lowest BCUT2D eigenvalue weighted by Crippen LogP contribution is -2.48. The Morgan fingerprint density at radius 2 is 1.82 bits per heavy atom. The Labute approximate surface area is 196 Å². The van der Waals surface area contributed by atoms with E-state index in [1.54, 1.807) is 35.0 Å². The number of hydrogen-bond acceptors (Lipinski definition) is 5. The third-order valence-corrected chi connectivity index (χ3v) is 5.32. The Morgan fingerprint density at radius 3 is 2.48 bits per heavy atom. The van der Waals surface area contributed by atoms with Crippen LogP contribution in [0.4, 0.5) is 0 Å². The molecular formula is C24H25ClN4O4. The molecule has 8 nitrogen and oxygen atoms in total. The summed E-state index contributed by atoms with van der Waals surface area (Å²) >= 11 is 5.86. The Kier molecular flexibility index (Phi) is 7.84. The van der Waals surface area contributed by atoms with Crippen LogP contribution in [0.15, 0.2) is 59.8 Å². The molecule has 0 aliphatic heterocycles. The van der Waals surface area contributed by atoms with Crippen molar-refractivity contribution in [1.82, 2.24) is 15.3 Å². The largest absolute Gasteiger partial charge is 0.468 e. The number of rotatable bonds is 8. The van der Waals surface area contributed by atoms with Gasteiger partial charge in [-0.15, -0.1) is 0 Å². The zero-order valence-corrected chi connectivity index (χ0v) is 19.3. The van der Waals surface area contributed by atoms with E-state index in [0.29, 0.717) is 10.6 Å². The average Bonchev–Trinajstić information content (AvgIpc) is 3.14. The molecule has 0 bridgehead atoms. The van der Waals surface area contributed by atoms with Crippen LogP contribution >= 0.6 is 11.6 Å². The summed E-state index contributed by atoms with van der Waals surface area (Å²) in [7, 11) is 1.34. The summed E-state index contributed by atoms with van der Waals surface area (Å²) in [6.07, 6.45) is 3.27. The molecule has 0 aliphatic carbocycles. The topological polar surface area (TPSA) is 102 Å². The Balaban J connectivity index is 1.72. The lowest BCUT2D eigenvalue weighted by molar-refractivity contribution is -0.141. The molecule has 2 N–H and O–H groups in total. The highest BCUT2D eigenvalue weighted by Crippen LogP contribution is 2.20. The SMILES string of the molecule is COC(=O)Cn1cc(C=NNC(=O)C(NC(=O)c2ccc(Cl)cc2)C(C)C)c2ccccc21. The number of hydrazone groups is 1. The monoisotopic (exact) mass is 468 g/mol. The predicted molar refractivity (Wildman–Crippen MR) is 127 cm³/mol. The number of para-hydroxylation sites is 1. The molecule has 0 spiro atoms. The minimum atomic E-state index is -0.786. The Morgan fingerprint density at radius 1 is 1.12 bits per heavy atom. The number of carbonyl (C=O) groups excluding carboxylic acids is 3. The molecule has 1 heterocycles. The van der Waals surface area contributed by atoms with Gasteiger partial charge >= 0.3 is 5.97 Å². The summed E-state index contributed by atoms with van der Waals surface area (Å²) < 4.78 is 6.51. The van der Waals surface area contributed by atoms with E-state index in [1.807, 2.05) is 38.1 Å². The summed E-state index contributed by atoms with van der Waals surface area (Å²) in [5, 5.41) is 8.21. The van der Waals surface area contributed by atoms with E-state index >= 15 is 0 Å². The number of fused-ring (bicyclic) bond motifs is 1. The first kappa shape index (κ1) is 24.0. The second-order valence-electron chi connectivity index (χ2n) is 7.74. The van der Waals surface area contributed by atoms with Crippen molar-refractivity contribution in [2.45, 2.75) is 26.4 Å².